The van der Waals surface area contributed by atoms with E-state index in [1.807, 2.05) is 49.4 Å². The number of rotatable bonds is 6. The van der Waals surface area contributed by atoms with Gasteiger partial charge in [-0.3, -0.25) is 14.9 Å². The van der Waals surface area contributed by atoms with Crippen LogP contribution in [0.25, 0.3) is 0 Å². The van der Waals surface area contributed by atoms with E-state index < -0.39 is 10.8 Å². The van der Waals surface area contributed by atoms with E-state index in [2.05, 4.69) is 10.6 Å². The molecule has 0 unspecified atom stereocenters. The molecule has 6 heteroatoms. The molecule has 0 fully saturated rings. The Hall–Kier alpha value is -3.67. The molecule has 0 saturated heterocycles. The maximum Gasteiger partial charge on any atom is 0.293 e. The number of benzene rings is 3. The Labute approximate surface area is 157 Å². The van der Waals surface area contributed by atoms with Crippen molar-refractivity contribution in [1.29, 1.82) is 0 Å². The van der Waals surface area contributed by atoms with Crippen LogP contribution in [0.1, 0.15) is 21.5 Å². The number of aryl methyl sites for hydroxylation is 1. The van der Waals surface area contributed by atoms with Crippen LogP contribution in [0.2, 0.25) is 0 Å². The standard InChI is InChI=1S/C21H19N3O3/c1-15-7-10-18(11-8-15)23-21(25)17-9-12-19(20(13-17)24(26)27)22-14-16-5-3-2-4-6-16/h2-13,22H,14H2,1H3,(H,23,25). The van der Waals surface area contributed by atoms with Crippen molar-refractivity contribution in [1.82, 2.24) is 0 Å². The zero-order valence-electron chi connectivity index (χ0n) is 14.8. The number of nitro benzene ring substituents is 1. The Bertz CT molecular complexity index is 954. The molecule has 1 amide bonds. The van der Waals surface area contributed by atoms with E-state index in [-0.39, 0.29) is 11.3 Å². The van der Waals surface area contributed by atoms with Crippen LogP contribution < -0.4 is 10.6 Å². The summed E-state index contributed by atoms with van der Waals surface area (Å²) in [4.78, 5) is 23.4. The van der Waals surface area contributed by atoms with E-state index in [9.17, 15) is 14.9 Å². The quantitative estimate of drug-likeness (QED) is 0.489. The molecule has 3 rings (SSSR count). The second kappa shape index (κ2) is 8.14. The summed E-state index contributed by atoms with van der Waals surface area (Å²) in [5, 5.41) is 17.2. The molecule has 0 atom stereocenters. The van der Waals surface area contributed by atoms with Crippen LogP contribution in [0, 0.1) is 17.0 Å². The number of amides is 1. The van der Waals surface area contributed by atoms with Crippen molar-refractivity contribution in [2.75, 3.05) is 10.6 Å². The van der Waals surface area contributed by atoms with Crippen molar-refractivity contribution in [3.05, 3.63) is 99.6 Å². The summed E-state index contributed by atoms with van der Waals surface area (Å²) in [7, 11) is 0. The monoisotopic (exact) mass is 361 g/mol. The Kier molecular flexibility index (Phi) is 5.47. The number of nitro groups is 1. The minimum absolute atomic E-state index is 0.137. The number of carbonyl (C=O) groups is 1. The van der Waals surface area contributed by atoms with Crippen LogP contribution >= 0.6 is 0 Å². The number of hydrogen-bond acceptors (Lipinski definition) is 4. The van der Waals surface area contributed by atoms with Gasteiger partial charge >= 0.3 is 0 Å². The van der Waals surface area contributed by atoms with Gasteiger partial charge in [-0.05, 0) is 36.8 Å². The predicted octanol–water partition coefficient (Wildman–Crippen LogP) is 4.77. The maximum atomic E-state index is 12.4. The molecule has 2 N–H and O–H groups in total. The number of nitrogens with one attached hydrogen (secondary N) is 2. The molecule has 136 valence electrons. The van der Waals surface area contributed by atoms with Crippen LogP contribution in [0.15, 0.2) is 72.8 Å². The highest BCUT2D eigenvalue weighted by molar-refractivity contribution is 6.05. The van der Waals surface area contributed by atoms with Crippen molar-refractivity contribution in [2.45, 2.75) is 13.5 Å². The zero-order chi connectivity index (χ0) is 19.2. The van der Waals surface area contributed by atoms with Crippen molar-refractivity contribution in [3.8, 4) is 0 Å². The Balaban J connectivity index is 1.77. The van der Waals surface area contributed by atoms with Crippen LogP contribution in [0.4, 0.5) is 17.1 Å². The van der Waals surface area contributed by atoms with Gasteiger partial charge in [-0.2, -0.15) is 0 Å². The van der Waals surface area contributed by atoms with Crippen LogP contribution in [0.3, 0.4) is 0 Å². The molecule has 27 heavy (non-hydrogen) atoms. The SMILES string of the molecule is Cc1ccc(NC(=O)c2ccc(NCc3ccccc3)c([N+](=O)[O-])c2)cc1. The molecule has 0 aromatic heterocycles. The summed E-state index contributed by atoms with van der Waals surface area (Å²) in [6, 6.07) is 21.4. The van der Waals surface area contributed by atoms with Crippen molar-refractivity contribution in [3.63, 3.8) is 0 Å². The highest BCUT2D eigenvalue weighted by Crippen LogP contribution is 2.26. The summed E-state index contributed by atoms with van der Waals surface area (Å²) in [6.07, 6.45) is 0. The smallest absolute Gasteiger partial charge is 0.293 e. The highest BCUT2D eigenvalue weighted by atomic mass is 16.6. The molecule has 0 radical (unpaired) electrons. The highest BCUT2D eigenvalue weighted by Gasteiger charge is 2.17. The first-order valence-electron chi connectivity index (χ1n) is 8.47. The number of carbonyl (C=O) groups excluding carboxylic acids is 1. The summed E-state index contributed by atoms with van der Waals surface area (Å²) in [5.41, 5.74) is 3.19. The Morgan fingerprint density at radius 2 is 1.70 bits per heavy atom. The normalized spacial score (nSPS) is 10.3. The molecule has 0 bridgehead atoms. The van der Waals surface area contributed by atoms with Gasteiger partial charge in [0, 0.05) is 23.9 Å². The van der Waals surface area contributed by atoms with E-state index in [4.69, 9.17) is 0 Å². The van der Waals surface area contributed by atoms with Crippen molar-refractivity contribution >= 4 is 23.0 Å². The van der Waals surface area contributed by atoms with Gasteiger partial charge in [0.1, 0.15) is 5.69 Å². The molecule has 0 heterocycles. The third-order valence-electron chi connectivity index (χ3n) is 4.09. The third-order valence-corrected chi connectivity index (χ3v) is 4.09. The number of hydrogen-bond donors (Lipinski definition) is 2. The van der Waals surface area contributed by atoms with E-state index in [0.717, 1.165) is 11.1 Å². The Morgan fingerprint density at radius 1 is 1.00 bits per heavy atom. The largest absolute Gasteiger partial charge is 0.375 e. The number of nitrogens with zero attached hydrogens (tertiary/aromatic N) is 1. The lowest BCUT2D eigenvalue weighted by Gasteiger charge is -2.10. The third kappa shape index (κ3) is 4.70. The summed E-state index contributed by atoms with van der Waals surface area (Å²) < 4.78 is 0. The second-order valence-electron chi connectivity index (χ2n) is 6.15. The minimum atomic E-state index is -0.490. The van der Waals surface area contributed by atoms with Crippen molar-refractivity contribution in [2.24, 2.45) is 0 Å². The second-order valence-corrected chi connectivity index (χ2v) is 6.15. The molecule has 6 nitrogen and oxygen atoms in total. The lowest BCUT2D eigenvalue weighted by atomic mass is 10.1. The molecule has 0 aliphatic carbocycles. The first-order chi connectivity index (χ1) is 13.0. The Morgan fingerprint density at radius 3 is 2.37 bits per heavy atom. The summed E-state index contributed by atoms with van der Waals surface area (Å²) in [5.74, 6) is -0.392. The molecule has 0 saturated carbocycles. The predicted molar refractivity (Wildman–Crippen MR) is 106 cm³/mol. The topological polar surface area (TPSA) is 84.3 Å². The lowest BCUT2D eigenvalue weighted by Crippen LogP contribution is -2.12. The average molecular weight is 361 g/mol. The fraction of sp³-hybridized carbons (Fsp3) is 0.0952. The van der Waals surface area contributed by atoms with Gasteiger partial charge < -0.3 is 10.6 Å². The van der Waals surface area contributed by atoms with Gasteiger partial charge in [0.2, 0.25) is 0 Å². The van der Waals surface area contributed by atoms with Gasteiger partial charge in [0.25, 0.3) is 11.6 Å². The van der Waals surface area contributed by atoms with E-state index >= 15 is 0 Å². The first kappa shape index (κ1) is 18.1. The molecular weight excluding hydrogens is 342 g/mol. The summed E-state index contributed by atoms with van der Waals surface area (Å²) in [6.45, 7) is 2.41. The average Bonchev–Trinajstić information content (AvgIpc) is 2.68. The van der Waals surface area contributed by atoms with Gasteiger partial charge in [-0.1, -0.05) is 48.0 Å². The molecule has 0 aliphatic rings. The lowest BCUT2D eigenvalue weighted by molar-refractivity contribution is -0.384. The molecule has 0 spiro atoms. The van der Waals surface area contributed by atoms with Gasteiger partial charge in [0.15, 0.2) is 0 Å². The van der Waals surface area contributed by atoms with Crippen LogP contribution in [-0.2, 0) is 6.54 Å². The van der Waals surface area contributed by atoms with Crippen LogP contribution in [-0.4, -0.2) is 10.8 Å². The molecule has 3 aromatic carbocycles. The molecule has 0 aliphatic heterocycles. The van der Waals surface area contributed by atoms with Gasteiger partial charge in [-0.15, -0.1) is 0 Å². The van der Waals surface area contributed by atoms with E-state index in [1.54, 1.807) is 24.3 Å². The van der Waals surface area contributed by atoms with E-state index in [0.29, 0.717) is 17.9 Å². The van der Waals surface area contributed by atoms with E-state index in [1.165, 1.54) is 6.07 Å². The van der Waals surface area contributed by atoms with Gasteiger partial charge in [0.05, 0.1) is 4.92 Å². The fourth-order valence-electron chi connectivity index (χ4n) is 2.61. The van der Waals surface area contributed by atoms with Crippen molar-refractivity contribution < 1.29 is 9.72 Å². The van der Waals surface area contributed by atoms with Crippen LogP contribution in [0.5, 0.6) is 0 Å². The van der Waals surface area contributed by atoms with Gasteiger partial charge in [-0.25, -0.2) is 0 Å². The summed E-state index contributed by atoms with van der Waals surface area (Å²) >= 11 is 0. The maximum absolute atomic E-state index is 12.4. The molecular formula is C21H19N3O3. The first-order valence-corrected chi connectivity index (χ1v) is 8.47. The minimum Gasteiger partial charge on any atom is -0.375 e. The fourth-order valence-corrected chi connectivity index (χ4v) is 2.61. The number of anilines is 2. The molecule has 3 aromatic rings. The zero-order valence-corrected chi connectivity index (χ0v) is 14.8.